The third kappa shape index (κ3) is 6.91. The Morgan fingerprint density at radius 1 is 1.14 bits per heavy atom. The fourth-order valence-electron chi connectivity index (χ4n) is 2.50. The molecule has 10 heteroatoms. The fourth-order valence-corrected chi connectivity index (χ4v) is 2.50. The molecule has 0 aliphatic carbocycles. The van der Waals surface area contributed by atoms with Crippen LogP contribution in [0.4, 0.5) is 4.79 Å². The predicted octanol–water partition coefficient (Wildman–Crippen LogP) is 0.355. The lowest BCUT2D eigenvalue weighted by Crippen LogP contribution is -2.30. The van der Waals surface area contributed by atoms with Crippen LogP contribution < -0.4 is 10.6 Å². The standard InChI is InChI=1S/C19H23N3O7/c1-2-28-17(25)4-3-9-20-15(23)12-29-18(26)14-7-5-13(6-8-14)11-22-16(24)10-21-19(22)27/h5-8H,2-4,9-12H2,1H3,(H,20,23)(H,21,27). The highest BCUT2D eigenvalue weighted by Crippen LogP contribution is 2.11. The molecule has 10 nitrogen and oxygen atoms in total. The van der Waals surface area contributed by atoms with Crippen molar-refractivity contribution in [2.75, 3.05) is 26.3 Å². The molecule has 0 radical (unpaired) electrons. The van der Waals surface area contributed by atoms with Gasteiger partial charge in [0.05, 0.1) is 25.3 Å². The number of carbonyl (C=O) groups excluding carboxylic acids is 5. The summed E-state index contributed by atoms with van der Waals surface area (Å²) in [6.07, 6.45) is 0.627. The van der Waals surface area contributed by atoms with Crippen LogP contribution in [0.5, 0.6) is 0 Å². The number of nitrogens with zero attached hydrogens (tertiary/aromatic N) is 1. The van der Waals surface area contributed by atoms with Gasteiger partial charge in [0.25, 0.3) is 5.91 Å². The minimum atomic E-state index is -0.673. The zero-order valence-electron chi connectivity index (χ0n) is 16.1. The van der Waals surface area contributed by atoms with E-state index in [1.807, 2.05) is 0 Å². The summed E-state index contributed by atoms with van der Waals surface area (Å²) in [6, 6.07) is 5.74. The predicted molar refractivity (Wildman–Crippen MR) is 99.5 cm³/mol. The van der Waals surface area contributed by atoms with Crippen LogP contribution in [-0.4, -0.2) is 61.0 Å². The smallest absolute Gasteiger partial charge is 0.338 e. The number of hydrogen-bond acceptors (Lipinski definition) is 7. The molecular weight excluding hydrogens is 382 g/mol. The van der Waals surface area contributed by atoms with Crippen molar-refractivity contribution >= 4 is 29.8 Å². The first-order valence-electron chi connectivity index (χ1n) is 9.17. The third-order valence-electron chi connectivity index (χ3n) is 3.99. The number of benzene rings is 1. The summed E-state index contributed by atoms with van der Waals surface area (Å²) in [5.41, 5.74) is 0.910. The molecule has 0 aromatic heterocycles. The summed E-state index contributed by atoms with van der Waals surface area (Å²) in [4.78, 5) is 59.0. The third-order valence-corrected chi connectivity index (χ3v) is 3.99. The van der Waals surface area contributed by atoms with Crippen molar-refractivity contribution < 1.29 is 33.4 Å². The van der Waals surface area contributed by atoms with Gasteiger partial charge in [-0.1, -0.05) is 12.1 Å². The minimum Gasteiger partial charge on any atom is -0.466 e. The molecule has 29 heavy (non-hydrogen) atoms. The Labute approximate surface area is 167 Å². The summed E-state index contributed by atoms with van der Waals surface area (Å²) < 4.78 is 9.72. The molecule has 1 aliphatic rings. The largest absolute Gasteiger partial charge is 0.466 e. The average molecular weight is 405 g/mol. The maximum atomic E-state index is 12.0. The number of rotatable bonds is 10. The Bertz CT molecular complexity index is 761. The highest BCUT2D eigenvalue weighted by molar-refractivity contribution is 6.01. The van der Waals surface area contributed by atoms with Gasteiger partial charge in [-0.2, -0.15) is 0 Å². The zero-order chi connectivity index (χ0) is 21.2. The molecule has 0 unspecified atom stereocenters. The van der Waals surface area contributed by atoms with Crippen LogP contribution in [0.2, 0.25) is 0 Å². The van der Waals surface area contributed by atoms with Crippen LogP contribution in [0.25, 0.3) is 0 Å². The van der Waals surface area contributed by atoms with Crippen molar-refractivity contribution in [3.05, 3.63) is 35.4 Å². The van der Waals surface area contributed by atoms with E-state index in [0.717, 1.165) is 4.90 Å². The summed E-state index contributed by atoms with van der Waals surface area (Å²) in [7, 11) is 0. The van der Waals surface area contributed by atoms with E-state index in [-0.39, 0.29) is 43.5 Å². The second-order valence-corrected chi connectivity index (χ2v) is 6.17. The summed E-state index contributed by atoms with van der Waals surface area (Å²) in [5.74, 6) is -1.79. The molecule has 1 aliphatic heterocycles. The Hall–Kier alpha value is -3.43. The molecule has 1 aromatic rings. The Morgan fingerprint density at radius 2 is 1.86 bits per heavy atom. The van der Waals surface area contributed by atoms with Gasteiger partial charge in [0.15, 0.2) is 6.61 Å². The molecule has 2 N–H and O–H groups in total. The van der Waals surface area contributed by atoms with E-state index < -0.39 is 24.5 Å². The number of imide groups is 1. The number of ether oxygens (including phenoxy) is 2. The van der Waals surface area contributed by atoms with Gasteiger partial charge in [0.1, 0.15) is 0 Å². The van der Waals surface area contributed by atoms with E-state index >= 15 is 0 Å². The number of urea groups is 1. The van der Waals surface area contributed by atoms with Gasteiger partial charge in [0, 0.05) is 13.0 Å². The van der Waals surface area contributed by atoms with E-state index in [2.05, 4.69) is 10.6 Å². The topological polar surface area (TPSA) is 131 Å². The summed E-state index contributed by atoms with van der Waals surface area (Å²) in [6.45, 7) is 1.94. The lowest BCUT2D eigenvalue weighted by molar-refractivity contribution is -0.143. The van der Waals surface area contributed by atoms with Gasteiger partial charge in [-0.25, -0.2) is 9.59 Å². The van der Waals surface area contributed by atoms with Gasteiger partial charge in [0.2, 0.25) is 5.91 Å². The van der Waals surface area contributed by atoms with Crippen LogP contribution in [-0.2, 0) is 30.4 Å². The van der Waals surface area contributed by atoms with Crippen molar-refractivity contribution in [3.63, 3.8) is 0 Å². The molecule has 1 fully saturated rings. The SMILES string of the molecule is CCOC(=O)CCCNC(=O)COC(=O)c1ccc(CN2C(=O)CNC2=O)cc1. The van der Waals surface area contributed by atoms with Gasteiger partial charge in [-0.05, 0) is 31.0 Å². The molecule has 1 aromatic carbocycles. The van der Waals surface area contributed by atoms with E-state index in [1.165, 1.54) is 12.1 Å². The van der Waals surface area contributed by atoms with Gasteiger partial charge < -0.3 is 20.1 Å². The Balaban J connectivity index is 1.71. The Kier molecular flexibility index (Phi) is 8.13. The number of nitrogens with one attached hydrogen (secondary N) is 2. The van der Waals surface area contributed by atoms with Crippen LogP contribution in [0.3, 0.4) is 0 Å². The molecule has 0 bridgehead atoms. The van der Waals surface area contributed by atoms with Crippen molar-refractivity contribution in [2.45, 2.75) is 26.3 Å². The molecule has 0 saturated carbocycles. The number of amides is 4. The molecular formula is C19H23N3O7. The van der Waals surface area contributed by atoms with Crippen molar-refractivity contribution in [1.82, 2.24) is 15.5 Å². The van der Waals surface area contributed by atoms with Crippen LogP contribution in [0, 0.1) is 0 Å². The second kappa shape index (κ2) is 10.8. The van der Waals surface area contributed by atoms with Crippen LogP contribution >= 0.6 is 0 Å². The monoisotopic (exact) mass is 405 g/mol. The lowest BCUT2D eigenvalue weighted by Gasteiger charge is -2.12. The molecule has 2 rings (SSSR count). The zero-order valence-corrected chi connectivity index (χ0v) is 16.1. The van der Waals surface area contributed by atoms with E-state index in [1.54, 1.807) is 19.1 Å². The maximum absolute atomic E-state index is 12.0. The molecule has 4 amide bonds. The van der Waals surface area contributed by atoms with Gasteiger partial charge >= 0.3 is 18.0 Å². The van der Waals surface area contributed by atoms with Crippen molar-refractivity contribution in [2.24, 2.45) is 0 Å². The lowest BCUT2D eigenvalue weighted by atomic mass is 10.1. The van der Waals surface area contributed by atoms with Crippen LogP contribution in [0.15, 0.2) is 24.3 Å². The molecule has 1 saturated heterocycles. The van der Waals surface area contributed by atoms with E-state index in [9.17, 15) is 24.0 Å². The number of carbonyl (C=O) groups is 5. The Morgan fingerprint density at radius 3 is 2.48 bits per heavy atom. The van der Waals surface area contributed by atoms with Gasteiger partial charge in [-0.15, -0.1) is 0 Å². The summed E-state index contributed by atoms with van der Waals surface area (Å²) in [5, 5.41) is 4.97. The quantitative estimate of drug-likeness (QED) is 0.326. The normalized spacial score (nSPS) is 13.1. The second-order valence-electron chi connectivity index (χ2n) is 6.17. The first-order valence-corrected chi connectivity index (χ1v) is 9.17. The minimum absolute atomic E-state index is 0.0197. The first-order chi connectivity index (χ1) is 13.9. The number of esters is 2. The van der Waals surface area contributed by atoms with Crippen LogP contribution in [0.1, 0.15) is 35.7 Å². The summed E-state index contributed by atoms with van der Waals surface area (Å²) >= 11 is 0. The maximum Gasteiger partial charge on any atom is 0.338 e. The fraction of sp³-hybridized carbons (Fsp3) is 0.421. The van der Waals surface area contributed by atoms with E-state index in [4.69, 9.17) is 9.47 Å². The molecule has 1 heterocycles. The van der Waals surface area contributed by atoms with E-state index in [0.29, 0.717) is 18.6 Å². The highest BCUT2D eigenvalue weighted by atomic mass is 16.5. The first kappa shape index (κ1) is 21.9. The number of hydrogen-bond donors (Lipinski definition) is 2. The molecule has 0 spiro atoms. The highest BCUT2D eigenvalue weighted by Gasteiger charge is 2.28. The van der Waals surface area contributed by atoms with Crippen molar-refractivity contribution in [3.8, 4) is 0 Å². The molecule has 156 valence electrons. The van der Waals surface area contributed by atoms with Gasteiger partial charge in [-0.3, -0.25) is 19.3 Å². The van der Waals surface area contributed by atoms with Crippen molar-refractivity contribution in [1.29, 1.82) is 0 Å². The molecule has 0 atom stereocenters. The average Bonchev–Trinajstić information content (AvgIpc) is 3.02.